The molecule has 3 heterocycles. The Labute approximate surface area is 150 Å². The van der Waals surface area contributed by atoms with Crippen LogP contribution >= 0.6 is 0 Å². The number of aromatic nitrogens is 2. The number of alkyl halides is 3. The molecule has 1 N–H and O–H groups in total. The molecule has 1 amide bonds. The monoisotopic (exact) mass is 374 g/mol. The van der Waals surface area contributed by atoms with E-state index in [0.29, 0.717) is 45.7 Å². The summed E-state index contributed by atoms with van der Waals surface area (Å²) in [5.41, 5.74) is 0.736. The van der Waals surface area contributed by atoms with Crippen molar-refractivity contribution in [1.29, 1.82) is 0 Å². The summed E-state index contributed by atoms with van der Waals surface area (Å²) in [6.07, 6.45) is 0.764. The zero-order valence-electron chi connectivity index (χ0n) is 14.9. The number of nitrogens with one attached hydrogen (secondary N) is 1. The average molecular weight is 374 g/mol. The van der Waals surface area contributed by atoms with E-state index in [1.165, 1.54) is 0 Å². The zero-order chi connectivity index (χ0) is 18.8. The van der Waals surface area contributed by atoms with Gasteiger partial charge in [-0.2, -0.15) is 18.3 Å². The van der Waals surface area contributed by atoms with Crippen LogP contribution in [0.5, 0.6) is 0 Å². The number of hydrogen-bond donors (Lipinski definition) is 1. The third-order valence-electron chi connectivity index (χ3n) is 5.40. The second-order valence-electron chi connectivity index (χ2n) is 7.23. The van der Waals surface area contributed by atoms with E-state index in [1.54, 1.807) is 6.20 Å². The van der Waals surface area contributed by atoms with Crippen LogP contribution < -0.4 is 5.32 Å². The van der Waals surface area contributed by atoms with E-state index < -0.39 is 24.5 Å². The molecule has 2 saturated heterocycles. The van der Waals surface area contributed by atoms with Crippen LogP contribution in [0.4, 0.5) is 13.2 Å². The third-order valence-corrected chi connectivity index (χ3v) is 5.40. The molecule has 0 aromatic carbocycles. The Hall–Kier alpha value is -1.61. The van der Waals surface area contributed by atoms with Gasteiger partial charge in [-0.3, -0.25) is 14.4 Å². The second-order valence-corrected chi connectivity index (χ2v) is 7.23. The SMILES string of the molecule is CCn1cc(CN2CC(C(=O)NCC(F)(F)F)C3(CCOCC3)C2)cn1. The van der Waals surface area contributed by atoms with Crippen molar-refractivity contribution in [2.24, 2.45) is 11.3 Å². The molecular weight excluding hydrogens is 349 g/mol. The summed E-state index contributed by atoms with van der Waals surface area (Å²) in [6.45, 7) is 4.40. The van der Waals surface area contributed by atoms with Gasteiger partial charge >= 0.3 is 6.18 Å². The van der Waals surface area contributed by atoms with E-state index in [4.69, 9.17) is 4.74 Å². The number of ether oxygens (including phenoxy) is 1. The number of carbonyl (C=O) groups is 1. The third kappa shape index (κ3) is 4.37. The van der Waals surface area contributed by atoms with Gasteiger partial charge in [-0.15, -0.1) is 0 Å². The van der Waals surface area contributed by atoms with Gasteiger partial charge in [0, 0.05) is 56.6 Å². The Morgan fingerprint density at radius 1 is 1.42 bits per heavy atom. The minimum absolute atomic E-state index is 0.311. The van der Waals surface area contributed by atoms with E-state index in [0.717, 1.165) is 12.1 Å². The molecular formula is C17H25F3N4O2. The van der Waals surface area contributed by atoms with Crippen LogP contribution in [0.3, 0.4) is 0 Å². The van der Waals surface area contributed by atoms with Crippen LogP contribution in [-0.2, 0) is 22.6 Å². The number of hydrogen-bond acceptors (Lipinski definition) is 4. The summed E-state index contributed by atoms with van der Waals surface area (Å²) in [6, 6.07) is 0. The Bertz CT molecular complexity index is 626. The van der Waals surface area contributed by atoms with Crippen molar-refractivity contribution in [2.75, 3.05) is 32.8 Å². The van der Waals surface area contributed by atoms with Gasteiger partial charge in [-0.05, 0) is 19.8 Å². The molecule has 2 aliphatic rings. The molecule has 9 heteroatoms. The van der Waals surface area contributed by atoms with Gasteiger partial charge in [0.05, 0.1) is 12.1 Å². The molecule has 0 bridgehead atoms. The number of halogens is 3. The highest BCUT2D eigenvalue weighted by molar-refractivity contribution is 5.80. The van der Waals surface area contributed by atoms with Gasteiger partial charge in [-0.25, -0.2) is 0 Å². The topological polar surface area (TPSA) is 59.4 Å². The highest BCUT2D eigenvalue weighted by Crippen LogP contribution is 2.44. The van der Waals surface area contributed by atoms with Crippen LogP contribution in [0.25, 0.3) is 0 Å². The van der Waals surface area contributed by atoms with Gasteiger partial charge in [0.1, 0.15) is 6.54 Å². The van der Waals surface area contributed by atoms with Crippen molar-refractivity contribution in [3.63, 3.8) is 0 Å². The van der Waals surface area contributed by atoms with E-state index in [1.807, 2.05) is 17.8 Å². The maximum absolute atomic E-state index is 12.5. The summed E-state index contributed by atoms with van der Waals surface area (Å²) in [7, 11) is 0. The van der Waals surface area contributed by atoms with Crippen molar-refractivity contribution in [3.8, 4) is 0 Å². The first kappa shape index (κ1) is 19.2. The number of aryl methyl sites for hydroxylation is 1. The Morgan fingerprint density at radius 2 is 2.15 bits per heavy atom. The fraction of sp³-hybridized carbons (Fsp3) is 0.765. The van der Waals surface area contributed by atoms with Gasteiger partial charge in [0.2, 0.25) is 5.91 Å². The largest absolute Gasteiger partial charge is 0.405 e. The summed E-state index contributed by atoms with van der Waals surface area (Å²) in [5, 5.41) is 6.34. The molecule has 1 spiro atoms. The molecule has 1 atom stereocenters. The van der Waals surface area contributed by atoms with Gasteiger partial charge < -0.3 is 10.1 Å². The first-order chi connectivity index (χ1) is 12.3. The Kier molecular flexibility index (Phi) is 5.57. The van der Waals surface area contributed by atoms with Gasteiger partial charge in [0.15, 0.2) is 0 Å². The molecule has 0 saturated carbocycles. The molecule has 3 rings (SSSR count). The first-order valence-corrected chi connectivity index (χ1v) is 8.97. The van der Waals surface area contributed by atoms with Crippen LogP contribution in [-0.4, -0.2) is 59.6 Å². The normalized spacial score (nSPS) is 23.5. The lowest BCUT2D eigenvalue weighted by Gasteiger charge is -2.37. The highest BCUT2D eigenvalue weighted by Gasteiger charge is 2.50. The van der Waals surface area contributed by atoms with E-state index in [9.17, 15) is 18.0 Å². The number of rotatable bonds is 5. The van der Waals surface area contributed by atoms with Crippen LogP contribution in [0.1, 0.15) is 25.3 Å². The molecule has 2 fully saturated rings. The number of nitrogens with zero attached hydrogens (tertiary/aromatic N) is 3. The molecule has 6 nitrogen and oxygen atoms in total. The summed E-state index contributed by atoms with van der Waals surface area (Å²) < 4.78 is 44.7. The molecule has 146 valence electrons. The molecule has 1 aromatic heterocycles. The maximum Gasteiger partial charge on any atom is 0.405 e. The fourth-order valence-electron chi connectivity index (χ4n) is 4.07. The standard InChI is InChI=1S/C17H25F3N4O2/c1-2-24-9-13(7-22-24)8-23-10-14(15(25)21-11-17(18,19)20)16(12-23)3-5-26-6-4-16/h7,9,14H,2-6,8,10-12H2,1H3,(H,21,25). The second kappa shape index (κ2) is 7.56. The number of likely N-dealkylation sites (tertiary alicyclic amines) is 1. The number of carbonyl (C=O) groups excluding carboxylic acids is 1. The van der Waals surface area contributed by atoms with Crippen LogP contribution in [0.2, 0.25) is 0 Å². The van der Waals surface area contributed by atoms with Crippen molar-refractivity contribution in [1.82, 2.24) is 20.0 Å². The van der Waals surface area contributed by atoms with Crippen molar-refractivity contribution in [2.45, 2.75) is 39.0 Å². The van der Waals surface area contributed by atoms with Crippen molar-refractivity contribution in [3.05, 3.63) is 18.0 Å². The summed E-state index contributed by atoms with van der Waals surface area (Å²) in [4.78, 5) is 14.7. The quantitative estimate of drug-likeness (QED) is 0.854. The lowest BCUT2D eigenvalue weighted by Crippen LogP contribution is -2.46. The van der Waals surface area contributed by atoms with Crippen LogP contribution in [0.15, 0.2) is 12.4 Å². The van der Waals surface area contributed by atoms with E-state index >= 15 is 0 Å². The van der Waals surface area contributed by atoms with Gasteiger partial charge in [0.25, 0.3) is 0 Å². The lowest BCUT2D eigenvalue weighted by atomic mass is 9.72. The maximum atomic E-state index is 12.5. The van der Waals surface area contributed by atoms with Crippen molar-refractivity contribution < 1.29 is 22.7 Å². The predicted molar refractivity (Wildman–Crippen MR) is 88.2 cm³/mol. The predicted octanol–water partition coefficient (Wildman–Crippen LogP) is 1.81. The number of amides is 1. The zero-order valence-corrected chi connectivity index (χ0v) is 14.9. The summed E-state index contributed by atoms with van der Waals surface area (Å²) in [5.74, 6) is -0.953. The molecule has 26 heavy (non-hydrogen) atoms. The molecule has 1 aromatic rings. The fourth-order valence-corrected chi connectivity index (χ4v) is 4.07. The minimum atomic E-state index is -4.40. The summed E-state index contributed by atoms with van der Waals surface area (Å²) >= 11 is 0. The van der Waals surface area contributed by atoms with E-state index in [-0.39, 0.29) is 5.41 Å². The average Bonchev–Trinajstić information content (AvgIpc) is 3.18. The lowest BCUT2D eigenvalue weighted by molar-refractivity contribution is -0.143. The van der Waals surface area contributed by atoms with E-state index in [2.05, 4.69) is 15.3 Å². The smallest absolute Gasteiger partial charge is 0.381 e. The molecule has 1 unspecified atom stereocenters. The highest BCUT2D eigenvalue weighted by atomic mass is 19.4. The van der Waals surface area contributed by atoms with Gasteiger partial charge in [-0.1, -0.05) is 0 Å². The molecule has 0 aliphatic carbocycles. The molecule has 0 radical (unpaired) electrons. The van der Waals surface area contributed by atoms with Crippen LogP contribution in [0, 0.1) is 11.3 Å². The Morgan fingerprint density at radius 3 is 2.77 bits per heavy atom. The molecule has 2 aliphatic heterocycles. The van der Waals surface area contributed by atoms with Crippen molar-refractivity contribution >= 4 is 5.91 Å². The first-order valence-electron chi connectivity index (χ1n) is 8.97. The minimum Gasteiger partial charge on any atom is -0.381 e. The Balaban J connectivity index is 1.70.